The summed E-state index contributed by atoms with van der Waals surface area (Å²) in [7, 11) is 0. The van der Waals surface area contributed by atoms with E-state index < -0.39 is 23.5 Å². The summed E-state index contributed by atoms with van der Waals surface area (Å²) in [4.78, 5) is 30.2. The number of amides is 1. The third-order valence-corrected chi connectivity index (χ3v) is 7.83. The standard InChI is InChI=1S/C31H31Cl2FN4O5/c1-15-18-7-6-10-42-28(18)22(34)13-19(15)27-26(29(30(40)41)43-31(3,4)5)16(2)35-24-14-23(37-38(24)27)36-25(39)12-17-8-9-20(32)21(33)11-17/h8-9,11,13-14,29H,6-7,10,12H2,1-5H3,(H,40,41)(H,36,37,39)/t29-/m0/s1. The lowest BCUT2D eigenvalue weighted by molar-refractivity contribution is -0.160. The molecule has 0 unspecified atom stereocenters. The van der Waals surface area contributed by atoms with Gasteiger partial charge in [-0.05, 0) is 76.8 Å². The fraction of sp³-hybridized carbons (Fsp3) is 0.355. The highest BCUT2D eigenvalue weighted by atomic mass is 35.5. The Morgan fingerprint density at radius 2 is 1.93 bits per heavy atom. The van der Waals surface area contributed by atoms with E-state index in [1.807, 2.05) is 6.92 Å². The highest BCUT2D eigenvalue weighted by molar-refractivity contribution is 6.42. The summed E-state index contributed by atoms with van der Waals surface area (Å²) in [5, 5.41) is 18.4. The van der Waals surface area contributed by atoms with Gasteiger partial charge in [0, 0.05) is 28.5 Å². The second-order valence-electron chi connectivity index (χ2n) is 11.5. The third-order valence-electron chi connectivity index (χ3n) is 7.09. The summed E-state index contributed by atoms with van der Waals surface area (Å²) in [6, 6.07) is 7.82. The number of nitrogens with zero attached hydrogens (tertiary/aromatic N) is 3. The molecule has 0 fully saturated rings. The van der Waals surface area contributed by atoms with Gasteiger partial charge in [-0.25, -0.2) is 18.7 Å². The van der Waals surface area contributed by atoms with Crippen LogP contribution in [0.4, 0.5) is 10.2 Å². The van der Waals surface area contributed by atoms with Gasteiger partial charge in [-0.3, -0.25) is 4.79 Å². The van der Waals surface area contributed by atoms with Gasteiger partial charge in [0.1, 0.15) is 0 Å². The number of ether oxygens (including phenoxy) is 2. The van der Waals surface area contributed by atoms with Crippen molar-refractivity contribution in [3.63, 3.8) is 0 Å². The average Bonchev–Trinajstić information content (AvgIpc) is 3.31. The van der Waals surface area contributed by atoms with Crippen molar-refractivity contribution in [1.29, 1.82) is 0 Å². The number of hydrogen-bond acceptors (Lipinski definition) is 6. The molecule has 4 aromatic rings. The minimum Gasteiger partial charge on any atom is -0.490 e. The molecule has 0 bridgehead atoms. The lowest BCUT2D eigenvalue weighted by Gasteiger charge is -2.28. The van der Waals surface area contributed by atoms with Crippen LogP contribution < -0.4 is 10.1 Å². The van der Waals surface area contributed by atoms with Gasteiger partial charge in [-0.1, -0.05) is 29.3 Å². The lowest BCUT2D eigenvalue weighted by Crippen LogP contribution is -2.29. The number of carboxylic acids is 1. The van der Waals surface area contributed by atoms with E-state index in [1.54, 1.807) is 52.0 Å². The van der Waals surface area contributed by atoms with Crippen molar-refractivity contribution in [3.05, 3.63) is 74.1 Å². The van der Waals surface area contributed by atoms with Crippen LogP contribution in [0.2, 0.25) is 10.0 Å². The maximum atomic E-state index is 15.5. The van der Waals surface area contributed by atoms with Crippen molar-refractivity contribution < 1.29 is 28.6 Å². The summed E-state index contributed by atoms with van der Waals surface area (Å²) in [5.74, 6) is -1.78. The Morgan fingerprint density at radius 1 is 1.19 bits per heavy atom. The molecule has 2 aromatic carbocycles. The normalized spacial score (nSPS) is 13.9. The number of nitrogens with one attached hydrogen (secondary N) is 1. The molecule has 1 amide bonds. The number of aryl methyl sites for hydroxylation is 1. The zero-order valence-electron chi connectivity index (χ0n) is 24.3. The third kappa shape index (κ3) is 6.32. The Bertz CT molecular complexity index is 1770. The molecule has 0 spiro atoms. The van der Waals surface area contributed by atoms with Gasteiger partial charge in [-0.15, -0.1) is 5.10 Å². The molecule has 43 heavy (non-hydrogen) atoms. The van der Waals surface area contributed by atoms with Crippen LogP contribution in [0.3, 0.4) is 0 Å². The van der Waals surface area contributed by atoms with Crippen LogP contribution in [0.5, 0.6) is 5.75 Å². The lowest BCUT2D eigenvalue weighted by atomic mass is 9.91. The molecular weight excluding hydrogens is 598 g/mol. The van der Waals surface area contributed by atoms with Gasteiger partial charge in [0.15, 0.2) is 29.1 Å². The van der Waals surface area contributed by atoms with Crippen molar-refractivity contribution in [3.8, 4) is 17.0 Å². The highest BCUT2D eigenvalue weighted by Gasteiger charge is 2.34. The fourth-order valence-electron chi connectivity index (χ4n) is 5.28. The number of aliphatic carboxylic acids is 1. The Balaban J connectivity index is 1.68. The number of carboxylic acid groups (broad SMARTS) is 1. The summed E-state index contributed by atoms with van der Waals surface area (Å²) >= 11 is 12.1. The zero-order valence-corrected chi connectivity index (χ0v) is 25.9. The van der Waals surface area contributed by atoms with E-state index in [1.165, 1.54) is 10.6 Å². The molecule has 0 saturated carbocycles. The number of fused-ring (bicyclic) bond motifs is 2. The number of halogens is 3. The number of hydrogen-bond donors (Lipinski definition) is 2. The Labute approximate surface area is 257 Å². The number of rotatable bonds is 7. The molecule has 3 heterocycles. The quantitative estimate of drug-likeness (QED) is 0.228. The van der Waals surface area contributed by atoms with Crippen molar-refractivity contribution in [2.45, 2.75) is 65.6 Å². The van der Waals surface area contributed by atoms with Crippen molar-refractivity contribution in [1.82, 2.24) is 14.6 Å². The number of anilines is 1. The summed E-state index contributed by atoms with van der Waals surface area (Å²) in [6.07, 6.45) is -0.121. The zero-order chi connectivity index (χ0) is 31.2. The predicted molar refractivity (Wildman–Crippen MR) is 162 cm³/mol. The van der Waals surface area contributed by atoms with Crippen LogP contribution in [0, 0.1) is 19.7 Å². The van der Waals surface area contributed by atoms with E-state index in [2.05, 4.69) is 15.4 Å². The minimum absolute atomic E-state index is 0.00494. The second kappa shape index (κ2) is 11.7. The molecule has 0 saturated heterocycles. The first-order valence-electron chi connectivity index (χ1n) is 13.7. The van der Waals surface area contributed by atoms with Gasteiger partial charge in [0.2, 0.25) is 5.91 Å². The van der Waals surface area contributed by atoms with Gasteiger partial charge in [0.25, 0.3) is 0 Å². The summed E-state index contributed by atoms with van der Waals surface area (Å²) < 4.78 is 28.6. The molecule has 0 aliphatic carbocycles. The van der Waals surface area contributed by atoms with Crippen LogP contribution in [0.1, 0.15) is 61.2 Å². The number of aromatic nitrogens is 3. The minimum atomic E-state index is -1.45. The van der Waals surface area contributed by atoms with Crippen molar-refractivity contribution in [2.24, 2.45) is 0 Å². The SMILES string of the molecule is Cc1nc2cc(NC(=O)Cc3ccc(Cl)c(Cl)c3)nn2c(-c2cc(F)c3c(c2C)CCCO3)c1[C@H](OC(C)(C)C)C(=O)O. The largest absolute Gasteiger partial charge is 0.490 e. The number of benzene rings is 2. The van der Waals surface area contributed by atoms with E-state index >= 15 is 4.39 Å². The first kappa shape index (κ1) is 30.7. The van der Waals surface area contributed by atoms with E-state index in [0.717, 1.165) is 12.0 Å². The molecule has 12 heteroatoms. The molecule has 1 aliphatic rings. The Morgan fingerprint density at radius 3 is 2.60 bits per heavy atom. The van der Waals surface area contributed by atoms with E-state index in [0.29, 0.717) is 56.8 Å². The molecule has 2 aromatic heterocycles. The van der Waals surface area contributed by atoms with E-state index in [9.17, 15) is 14.7 Å². The topological polar surface area (TPSA) is 115 Å². The van der Waals surface area contributed by atoms with Crippen LogP contribution in [0.15, 0.2) is 30.3 Å². The molecular formula is C31H31Cl2FN4O5. The van der Waals surface area contributed by atoms with Crippen LogP contribution >= 0.6 is 23.2 Å². The maximum Gasteiger partial charge on any atom is 0.337 e. The van der Waals surface area contributed by atoms with Crippen LogP contribution in [-0.2, 0) is 27.2 Å². The molecule has 5 rings (SSSR count). The van der Waals surface area contributed by atoms with Crippen molar-refractivity contribution in [2.75, 3.05) is 11.9 Å². The number of carbonyl (C=O) groups is 2. The molecule has 9 nitrogen and oxygen atoms in total. The smallest absolute Gasteiger partial charge is 0.337 e. The van der Waals surface area contributed by atoms with E-state index in [4.69, 9.17) is 32.7 Å². The monoisotopic (exact) mass is 628 g/mol. The van der Waals surface area contributed by atoms with Gasteiger partial charge >= 0.3 is 5.97 Å². The highest BCUT2D eigenvalue weighted by Crippen LogP contribution is 2.41. The van der Waals surface area contributed by atoms with Crippen molar-refractivity contribution >= 4 is 46.5 Å². The first-order chi connectivity index (χ1) is 20.2. The molecule has 1 atom stereocenters. The summed E-state index contributed by atoms with van der Waals surface area (Å²) in [6.45, 7) is 9.18. The number of carbonyl (C=O) groups excluding carboxylic acids is 1. The Kier molecular flexibility index (Phi) is 8.39. The molecule has 0 radical (unpaired) electrons. The van der Waals surface area contributed by atoms with Gasteiger partial charge < -0.3 is 19.9 Å². The Hall–Kier alpha value is -3.73. The van der Waals surface area contributed by atoms with Gasteiger partial charge in [-0.2, -0.15) is 0 Å². The molecule has 2 N–H and O–H groups in total. The van der Waals surface area contributed by atoms with E-state index in [-0.39, 0.29) is 29.5 Å². The second-order valence-corrected chi connectivity index (χ2v) is 12.3. The first-order valence-corrected chi connectivity index (χ1v) is 14.5. The summed E-state index contributed by atoms with van der Waals surface area (Å²) in [5.41, 5.74) is 2.90. The fourth-order valence-corrected chi connectivity index (χ4v) is 5.60. The average molecular weight is 630 g/mol. The predicted octanol–water partition coefficient (Wildman–Crippen LogP) is 6.91. The molecule has 226 valence electrons. The maximum absolute atomic E-state index is 15.5. The van der Waals surface area contributed by atoms with Crippen LogP contribution in [-0.4, -0.2) is 43.8 Å². The van der Waals surface area contributed by atoms with Gasteiger partial charge in [0.05, 0.1) is 34.4 Å². The molecule has 1 aliphatic heterocycles. The van der Waals surface area contributed by atoms with Crippen LogP contribution in [0.25, 0.3) is 16.9 Å².